The number of halogens is 2. The van der Waals surface area contributed by atoms with Crippen LogP contribution in [0.25, 0.3) is 0 Å². The number of hydrogen-bond donors (Lipinski definition) is 2. The van der Waals surface area contributed by atoms with Gasteiger partial charge in [0, 0.05) is 21.0 Å². The summed E-state index contributed by atoms with van der Waals surface area (Å²) in [6, 6.07) is 11.6. The van der Waals surface area contributed by atoms with E-state index in [-0.39, 0.29) is 12.1 Å². The first kappa shape index (κ1) is 15.7. The van der Waals surface area contributed by atoms with E-state index in [1.54, 1.807) is 0 Å². The fourth-order valence-corrected chi connectivity index (χ4v) is 3.12. The van der Waals surface area contributed by atoms with Crippen molar-refractivity contribution in [3.63, 3.8) is 0 Å². The summed E-state index contributed by atoms with van der Waals surface area (Å²) in [5, 5.41) is 0. The van der Waals surface area contributed by atoms with E-state index in [0.29, 0.717) is 0 Å². The van der Waals surface area contributed by atoms with Crippen LogP contribution in [0.5, 0.6) is 0 Å². The molecular weight excluding hydrogens is 380 g/mol. The lowest BCUT2D eigenvalue weighted by Crippen LogP contribution is -2.27. The highest BCUT2D eigenvalue weighted by atomic mass is 79.9. The predicted molar refractivity (Wildman–Crippen MR) is 91.6 cm³/mol. The van der Waals surface area contributed by atoms with E-state index in [4.69, 9.17) is 11.5 Å². The predicted octanol–water partition coefficient (Wildman–Crippen LogP) is 4.53. The standard InChI is InChI=1S/C16H18Br2N2/c1-9-11(5-3-7-13(9)17)15(19)16(20)12-6-4-8-14(18)10(12)2/h3-8,15-16H,19-20H2,1-2H3. The topological polar surface area (TPSA) is 52.0 Å². The largest absolute Gasteiger partial charge is 0.322 e. The second-order valence-corrected chi connectivity index (χ2v) is 6.67. The zero-order valence-corrected chi connectivity index (χ0v) is 14.7. The Morgan fingerprint density at radius 1 is 0.750 bits per heavy atom. The van der Waals surface area contributed by atoms with Gasteiger partial charge in [0.15, 0.2) is 0 Å². The van der Waals surface area contributed by atoms with Gasteiger partial charge in [0.1, 0.15) is 0 Å². The molecule has 2 aromatic rings. The number of nitrogens with two attached hydrogens (primary N) is 2. The van der Waals surface area contributed by atoms with Gasteiger partial charge in [0.05, 0.1) is 0 Å². The van der Waals surface area contributed by atoms with E-state index in [1.165, 1.54) is 0 Å². The molecule has 0 spiro atoms. The average molecular weight is 398 g/mol. The number of benzene rings is 2. The van der Waals surface area contributed by atoms with Gasteiger partial charge in [-0.25, -0.2) is 0 Å². The van der Waals surface area contributed by atoms with Gasteiger partial charge in [-0.3, -0.25) is 0 Å². The van der Waals surface area contributed by atoms with Crippen LogP contribution < -0.4 is 11.5 Å². The van der Waals surface area contributed by atoms with Crippen LogP contribution in [0.3, 0.4) is 0 Å². The molecule has 0 aliphatic heterocycles. The molecule has 0 heterocycles. The lowest BCUT2D eigenvalue weighted by Gasteiger charge is -2.24. The molecular formula is C16H18Br2N2. The lowest BCUT2D eigenvalue weighted by molar-refractivity contribution is 0.568. The molecule has 0 saturated carbocycles. The SMILES string of the molecule is Cc1c(Br)cccc1C(N)C(N)c1cccc(Br)c1C. The summed E-state index contributed by atoms with van der Waals surface area (Å²) >= 11 is 7.08. The molecule has 2 rings (SSSR count). The Kier molecular flexibility index (Phi) is 5.02. The molecule has 0 bridgehead atoms. The van der Waals surface area contributed by atoms with Crippen molar-refractivity contribution >= 4 is 31.9 Å². The van der Waals surface area contributed by atoms with Crippen molar-refractivity contribution in [1.82, 2.24) is 0 Å². The molecule has 4 N–H and O–H groups in total. The third-order valence-electron chi connectivity index (χ3n) is 3.72. The van der Waals surface area contributed by atoms with Crippen LogP contribution >= 0.6 is 31.9 Å². The first-order chi connectivity index (χ1) is 9.43. The molecule has 2 aromatic carbocycles. The van der Waals surface area contributed by atoms with E-state index >= 15 is 0 Å². The second kappa shape index (κ2) is 6.39. The third kappa shape index (κ3) is 2.98. The van der Waals surface area contributed by atoms with Crippen molar-refractivity contribution in [2.24, 2.45) is 11.5 Å². The minimum Gasteiger partial charge on any atom is -0.322 e. The van der Waals surface area contributed by atoms with Crippen molar-refractivity contribution in [2.75, 3.05) is 0 Å². The molecule has 4 heteroatoms. The average Bonchev–Trinajstić information content (AvgIpc) is 2.43. The fourth-order valence-electron chi connectivity index (χ4n) is 2.36. The molecule has 0 amide bonds. The third-order valence-corrected chi connectivity index (χ3v) is 5.44. The smallest absolute Gasteiger partial charge is 0.0494 e. The fraction of sp³-hybridized carbons (Fsp3) is 0.250. The van der Waals surface area contributed by atoms with Crippen LogP contribution in [0.1, 0.15) is 34.3 Å². The minimum atomic E-state index is -0.236. The molecule has 2 unspecified atom stereocenters. The number of hydrogen-bond acceptors (Lipinski definition) is 2. The first-order valence-electron chi connectivity index (χ1n) is 6.44. The van der Waals surface area contributed by atoms with Crippen LogP contribution in [-0.4, -0.2) is 0 Å². The maximum Gasteiger partial charge on any atom is 0.0494 e. The quantitative estimate of drug-likeness (QED) is 0.799. The molecule has 2 nitrogen and oxygen atoms in total. The lowest BCUT2D eigenvalue weighted by atomic mass is 9.90. The molecule has 0 aliphatic carbocycles. The van der Waals surface area contributed by atoms with Crippen LogP contribution in [0.4, 0.5) is 0 Å². The van der Waals surface area contributed by atoms with Crippen molar-refractivity contribution < 1.29 is 0 Å². The van der Waals surface area contributed by atoms with Gasteiger partial charge in [0.2, 0.25) is 0 Å². The summed E-state index contributed by atoms with van der Waals surface area (Å²) in [5.41, 5.74) is 17.2. The van der Waals surface area contributed by atoms with E-state index in [0.717, 1.165) is 31.2 Å². The van der Waals surface area contributed by atoms with Crippen molar-refractivity contribution in [1.29, 1.82) is 0 Å². The first-order valence-corrected chi connectivity index (χ1v) is 8.03. The van der Waals surface area contributed by atoms with Crippen molar-refractivity contribution in [3.05, 3.63) is 67.6 Å². The molecule has 0 aliphatic rings. The highest BCUT2D eigenvalue weighted by Crippen LogP contribution is 2.33. The summed E-state index contributed by atoms with van der Waals surface area (Å²) < 4.78 is 2.12. The van der Waals surface area contributed by atoms with Gasteiger partial charge in [-0.15, -0.1) is 0 Å². The Bertz CT molecular complexity index is 570. The Morgan fingerprint density at radius 3 is 1.45 bits per heavy atom. The molecule has 0 radical (unpaired) electrons. The molecule has 106 valence electrons. The van der Waals surface area contributed by atoms with Crippen molar-refractivity contribution in [3.8, 4) is 0 Å². The van der Waals surface area contributed by atoms with Gasteiger partial charge in [-0.1, -0.05) is 56.1 Å². The van der Waals surface area contributed by atoms with Crippen molar-refractivity contribution in [2.45, 2.75) is 25.9 Å². The highest BCUT2D eigenvalue weighted by Gasteiger charge is 2.21. The second-order valence-electron chi connectivity index (χ2n) is 4.96. The maximum atomic E-state index is 6.40. The van der Waals surface area contributed by atoms with Crippen LogP contribution in [0, 0.1) is 13.8 Å². The highest BCUT2D eigenvalue weighted by molar-refractivity contribution is 9.10. The summed E-state index contributed by atoms with van der Waals surface area (Å²) in [6.45, 7) is 4.11. The molecule has 0 aromatic heterocycles. The Balaban J connectivity index is 2.40. The van der Waals surface area contributed by atoms with E-state index in [1.807, 2.05) is 36.4 Å². The normalized spacial score (nSPS) is 14.1. The van der Waals surface area contributed by atoms with Crippen LogP contribution in [0.2, 0.25) is 0 Å². The molecule has 20 heavy (non-hydrogen) atoms. The van der Waals surface area contributed by atoms with E-state index in [2.05, 4.69) is 45.7 Å². The summed E-state index contributed by atoms with van der Waals surface area (Å²) in [6.07, 6.45) is 0. The summed E-state index contributed by atoms with van der Waals surface area (Å²) in [5.74, 6) is 0. The summed E-state index contributed by atoms with van der Waals surface area (Å²) in [7, 11) is 0. The van der Waals surface area contributed by atoms with E-state index < -0.39 is 0 Å². The van der Waals surface area contributed by atoms with Gasteiger partial charge in [-0.2, -0.15) is 0 Å². The Morgan fingerprint density at radius 2 is 1.10 bits per heavy atom. The Labute approximate surface area is 136 Å². The minimum absolute atomic E-state index is 0.236. The molecule has 0 saturated heterocycles. The Hall–Kier alpha value is -0.680. The van der Waals surface area contributed by atoms with Crippen LogP contribution in [0.15, 0.2) is 45.3 Å². The zero-order valence-electron chi connectivity index (χ0n) is 11.5. The van der Waals surface area contributed by atoms with Gasteiger partial charge >= 0.3 is 0 Å². The van der Waals surface area contributed by atoms with Gasteiger partial charge < -0.3 is 11.5 Å². The molecule has 0 fully saturated rings. The monoisotopic (exact) mass is 396 g/mol. The van der Waals surface area contributed by atoms with Gasteiger partial charge in [-0.05, 0) is 48.2 Å². The zero-order chi connectivity index (χ0) is 14.9. The molecule has 2 atom stereocenters. The number of rotatable bonds is 3. The maximum absolute atomic E-state index is 6.40. The van der Waals surface area contributed by atoms with E-state index in [9.17, 15) is 0 Å². The van der Waals surface area contributed by atoms with Gasteiger partial charge in [0.25, 0.3) is 0 Å². The van der Waals surface area contributed by atoms with Crippen LogP contribution in [-0.2, 0) is 0 Å². The summed E-state index contributed by atoms with van der Waals surface area (Å²) in [4.78, 5) is 0.